The lowest BCUT2D eigenvalue weighted by molar-refractivity contribution is 0.0505. The number of carbonyl (C=O) groups excluding carboxylic acids is 1. The number of hydrogen-bond acceptors (Lipinski definition) is 4. The SMILES string of the molecule is CC(C)(C)OC(=O)NC(CN)c1cc(C#N)ccc1Br. The van der Waals surface area contributed by atoms with Crippen LogP contribution in [0.25, 0.3) is 0 Å². The Morgan fingerprint density at radius 2 is 2.20 bits per heavy atom. The van der Waals surface area contributed by atoms with Gasteiger partial charge in [0.05, 0.1) is 17.7 Å². The number of ether oxygens (including phenoxy) is 1. The van der Waals surface area contributed by atoms with Crippen molar-refractivity contribution < 1.29 is 9.53 Å². The molecule has 20 heavy (non-hydrogen) atoms. The summed E-state index contributed by atoms with van der Waals surface area (Å²) in [6, 6.07) is 6.78. The average molecular weight is 340 g/mol. The lowest BCUT2D eigenvalue weighted by Crippen LogP contribution is -2.37. The molecule has 1 unspecified atom stereocenters. The first-order chi connectivity index (χ1) is 9.26. The molecular weight excluding hydrogens is 322 g/mol. The van der Waals surface area contributed by atoms with Crippen LogP contribution in [0, 0.1) is 11.3 Å². The second-order valence-electron chi connectivity index (χ2n) is 5.28. The number of nitrogens with one attached hydrogen (secondary N) is 1. The molecule has 0 bridgehead atoms. The van der Waals surface area contributed by atoms with Crippen molar-refractivity contribution in [2.75, 3.05) is 6.54 Å². The summed E-state index contributed by atoms with van der Waals surface area (Å²) in [5.41, 5.74) is 6.38. The minimum Gasteiger partial charge on any atom is -0.444 e. The van der Waals surface area contributed by atoms with Gasteiger partial charge in [0, 0.05) is 11.0 Å². The van der Waals surface area contributed by atoms with E-state index in [2.05, 4.69) is 27.3 Å². The maximum atomic E-state index is 11.8. The molecule has 1 amide bonds. The summed E-state index contributed by atoms with van der Waals surface area (Å²) >= 11 is 3.40. The van der Waals surface area contributed by atoms with E-state index in [0.717, 1.165) is 10.0 Å². The molecule has 0 fully saturated rings. The third kappa shape index (κ3) is 4.83. The second-order valence-corrected chi connectivity index (χ2v) is 6.14. The Morgan fingerprint density at radius 1 is 1.55 bits per heavy atom. The Kier molecular flexibility index (Phi) is 5.54. The van der Waals surface area contributed by atoms with Gasteiger partial charge in [-0.15, -0.1) is 0 Å². The Labute approximate surface area is 127 Å². The summed E-state index contributed by atoms with van der Waals surface area (Å²) in [5, 5.41) is 11.6. The van der Waals surface area contributed by atoms with Crippen molar-refractivity contribution in [2.24, 2.45) is 5.73 Å². The molecule has 0 spiro atoms. The number of nitriles is 1. The molecule has 5 nitrogen and oxygen atoms in total. The summed E-state index contributed by atoms with van der Waals surface area (Å²) in [7, 11) is 0. The van der Waals surface area contributed by atoms with E-state index < -0.39 is 17.7 Å². The number of hydrogen-bond donors (Lipinski definition) is 2. The van der Waals surface area contributed by atoms with Gasteiger partial charge >= 0.3 is 6.09 Å². The van der Waals surface area contributed by atoms with Crippen molar-refractivity contribution in [1.82, 2.24) is 5.32 Å². The van der Waals surface area contributed by atoms with Gasteiger partial charge in [-0.2, -0.15) is 5.26 Å². The standard InChI is InChI=1S/C14H18BrN3O2/c1-14(2,3)20-13(19)18-12(8-17)10-6-9(7-16)4-5-11(10)15/h4-6,12H,8,17H2,1-3H3,(H,18,19). The second kappa shape index (κ2) is 6.73. The molecule has 0 aliphatic carbocycles. The highest BCUT2D eigenvalue weighted by Gasteiger charge is 2.21. The van der Waals surface area contributed by atoms with Crippen molar-refractivity contribution in [3.05, 3.63) is 33.8 Å². The van der Waals surface area contributed by atoms with E-state index in [4.69, 9.17) is 15.7 Å². The molecule has 0 aliphatic rings. The van der Waals surface area contributed by atoms with E-state index in [9.17, 15) is 4.79 Å². The normalized spacial score (nSPS) is 12.4. The molecule has 0 heterocycles. The lowest BCUT2D eigenvalue weighted by Gasteiger charge is -2.23. The molecule has 3 N–H and O–H groups in total. The zero-order valence-electron chi connectivity index (χ0n) is 11.7. The van der Waals surface area contributed by atoms with Gasteiger partial charge in [-0.3, -0.25) is 0 Å². The van der Waals surface area contributed by atoms with E-state index in [1.807, 2.05) is 0 Å². The Hall–Kier alpha value is -1.58. The minimum atomic E-state index is -0.574. The summed E-state index contributed by atoms with van der Waals surface area (Å²) in [6.07, 6.45) is -0.540. The van der Waals surface area contributed by atoms with Crippen LogP contribution in [0.4, 0.5) is 4.79 Å². The lowest BCUT2D eigenvalue weighted by atomic mass is 10.0. The van der Waals surface area contributed by atoms with Crippen LogP contribution in [-0.4, -0.2) is 18.2 Å². The van der Waals surface area contributed by atoms with Gasteiger partial charge in [-0.05, 0) is 44.5 Å². The van der Waals surface area contributed by atoms with E-state index in [-0.39, 0.29) is 6.54 Å². The first-order valence-corrected chi connectivity index (χ1v) is 6.95. The van der Waals surface area contributed by atoms with E-state index in [1.165, 1.54) is 0 Å². The number of nitrogens with zero attached hydrogens (tertiary/aromatic N) is 1. The quantitative estimate of drug-likeness (QED) is 0.886. The zero-order valence-corrected chi connectivity index (χ0v) is 13.3. The minimum absolute atomic E-state index is 0.201. The topological polar surface area (TPSA) is 88.1 Å². The van der Waals surface area contributed by atoms with E-state index >= 15 is 0 Å². The molecule has 1 aromatic rings. The number of benzene rings is 1. The fourth-order valence-electron chi connectivity index (χ4n) is 1.59. The van der Waals surface area contributed by atoms with E-state index in [0.29, 0.717) is 5.56 Å². The molecule has 6 heteroatoms. The highest BCUT2D eigenvalue weighted by molar-refractivity contribution is 9.10. The fraction of sp³-hybridized carbons (Fsp3) is 0.429. The largest absolute Gasteiger partial charge is 0.444 e. The number of amides is 1. The van der Waals surface area contributed by atoms with Crippen molar-refractivity contribution in [3.8, 4) is 6.07 Å². The van der Waals surface area contributed by atoms with Crippen LogP contribution >= 0.6 is 15.9 Å². The Morgan fingerprint density at radius 3 is 2.70 bits per heavy atom. The molecular formula is C14H18BrN3O2. The van der Waals surface area contributed by atoms with Crippen LogP contribution in [0.5, 0.6) is 0 Å². The van der Waals surface area contributed by atoms with Gasteiger partial charge in [0.2, 0.25) is 0 Å². The van der Waals surface area contributed by atoms with Crippen molar-refractivity contribution in [2.45, 2.75) is 32.4 Å². The molecule has 0 aromatic heterocycles. The number of carbonyl (C=O) groups is 1. The number of halogens is 1. The van der Waals surface area contributed by atoms with Gasteiger partial charge in [0.25, 0.3) is 0 Å². The van der Waals surface area contributed by atoms with Crippen molar-refractivity contribution >= 4 is 22.0 Å². The predicted molar refractivity (Wildman–Crippen MR) is 80.0 cm³/mol. The monoisotopic (exact) mass is 339 g/mol. The predicted octanol–water partition coefficient (Wildman–Crippen LogP) is 2.85. The van der Waals surface area contributed by atoms with Crippen LogP contribution in [-0.2, 0) is 4.74 Å². The van der Waals surface area contributed by atoms with Crippen LogP contribution in [0.2, 0.25) is 0 Å². The molecule has 1 atom stereocenters. The molecule has 0 saturated carbocycles. The number of rotatable bonds is 3. The number of nitrogens with two attached hydrogens (primary N) is 1. The summed E-state index contributed by atoms with van der Waals surface area (Å²) in [6.45, 7) is 5.56. The number of alkyl carbamates (subject to hydrolysis) is 1. The van der Waals surface area contributed by atoms with Gasteiger partial charge in [0.15, 0.2) is 0 Å². The fourth-order valence-corrected chi connectivity index (χ4v) is 2.12. The highest BCUT2D eigenvalue weighted by atomic mass is 79.9. The maximum absolute atomic E-state index is 11.8. The van der Waals surface area contributed by atoms with Crippen molar-refractivity contribution in [1.29, 1.82) is 5.26 Å². The molecule has 0 aliphatic heterocycles. The van der Waals surface area contributed by atoms with Crippen molar-refractivity contribution in [3.63, 3.8) is 0 Å². The smallest absolute Gasteiger partial charge is 0.408 e. The summed E-state index contributed by atoms with van der Waals surface area (Å²) in [4.78, 5) is 11.8. The highest BCUT2D eigenvalue weighted by Crippen LogP contribution is 2.24. The van der Waals surface area contributed by atoms with Crippen LogP contribution < -0.4 is 11.1 Å². The summed E-state index contributed by atoms with van der Waals surface area (Å²) in [5.74, 6) is 0. The Balaban J connectivity index is 2.92. The third-order valence-corrected chi connectivity index (χ3v) is 3.15. The van der Waals surface area contributed by atoms with Crippen LogP contribution in [0.3, 0.4) is 0 Å². The molecule has 0 saturated heterocycles. The van der Waals surface area contributed by atoms with Crippen LogP contribution in [0.1, 0.15) is 37.9 Å². The molecule has 1 aromatic carbocycles. The molecule has 1 rings (SSSR count). The Bertz CT molecular complexity index is 532. The average Bonchev–Trinajstić information content (AvgIpc) is 2.34. The first kappa shape index (κ1) is 16.5. The van der Waals surface area contributed by atoms with Gasteiger partial charge < -0.3 is 15.8 Å². The van der Waals surface area contributed by atoms with Gasteiger partial charge in [0.1, 0.15) is 5.60 Å². The van der Waals surface area contributed by atoms with Crippen LogP contribution in [0.15, 0.2) is 22.7 Å². The molecule has 108 valence electrons. The van der Waals surface area contributed by atoms with Gasteiger partial charge in [-0.1, -0.05) is 15.9 Å². The maximum Gasteiger partial charge on any atom is 0.408 e. The van der Waals surface area contributed by atoms with E-state index in [1.54, 1.807) is 39.0 Å². The third-order valence-electron chi connectivity index (χ3n) is 2.43. The first-order valence-electron chi connectivity index (χ1n) is 6.16. The summed E-state index contributed by atoms with van der Waals surface area (Å²) < 4.78 is 5.98. The molecule has 0 radical (unpaired) electrons. The van der Waals surface area contributed by atoms with Gasteiger partial charge in [-0.25, -0.2) is 4.79 Å². The zero-order chi connectivity index (χ0) is 15.3.